The van der Waals surface area contributed by atoms with Crippen molar-refractivity contribution in [3.63, 3.8) is 0 Å². The van der Waals surface area contributed by atoms with Gasteiger partial charge in [-0.05, 0) is 35.7 Å². The Hall–Kier alpha value is -2.25. The van der Waals surface area contributed by atoms with E-state index in [0.717, 1.165) is 5.56 Å². The van der Waals surface area contributed by atoms with E-state index in [9.17, 15) is 8.78 Å². The van der Waals surface area contributed by atoms with Crippen molar-refractivity contribution in [2.45, 2.75) is 26.4 Å². The third-order valence-corrected chi connectivity index (χ3v) is 3.59. The fraction of sp³-hybridized carbons (Fsp3) is 0.278. The Morgan fingerprint density at radius 3 is 2.32 bits per heavy atom. The van der Waals surface area contributed by atoms with Crippen molar-refractivity contribution in [2.75, 3.05) is 0 Å². The number of benzene rings is 2. The number of nitriles is 1. The second kappa shape index (κ2) is 7.15. The minimum atomic E-state index is -0.395. The molecular weight excluding hydrogens is 282 g/mol. The van der Waals surface area contributed by atoms with E-state index in [2.05, 4.69) is 19.2 Å². The molecule has 0 amide bonds. The number of nitrogens with zero attached hydrogens (tertiary/aromatic N) is 1. The van der Waals surface area contributed by atoms with Crippen LogP contribution in [-0.4, -0.2) is 0 Å². The quantitative estimate of drug-likeness (QED) is 0.892. The van der Waals surface area contributed by atoms with Gasteiger partial charge in [-0.3, -0.25) is 0 Å². The summed E-state index contributed by atoms with van der Waals surface area (Å²) >= 11 is 0. The molecule has 2 nitrogen and oxygen atoms in total. The van der Waals surface area contributed by atoms with Crippen LogP contribution in [0.2, 0.25) is 0 Å². The first-order valence-corrected chi connectivity index (χ1v) is 7.18. The standard InChI is InChI=1S/C18H18F2N2/c1-12(2)18(14-5-7-16(19)8-6-14)22-11-15-4-3-13(10-21)9-17(15)20/h3-9,12,18,22H,11H2,1-2H3. The lowest BCUT2D eigenvalue weighted by atomic mass is 9.95. The van der Waals surface area contributed by atoms with E-state index in [-0.39, 0.29) is 17.8 Å². The molecule has 1 N–H and O–H groups in total. The molecule has 0 saturated heterocycles. The smallest absolute Gasteiger partial charge is 0.129 e. The van der Waals surface area contributed by atoms with Gasteiger partial charge < -0.3 is 5.32 Å². The number of nitrogens with one attached hydrogen (secondary N) is 1. The first kappa shape index (κ1) is 16.1. The fourth-order valence-corrected chi connectivity index (χ4v) is 2.39. The summed E-state index contributed by atoms with van der Waals surface area (Å²) in [7, 11) is 0. The highest BCUT2D eigenvalue weighted by molar-refractivity contribution is 5.33. The summed E-state index contributed by atoms with van der Waals surface area (Å²) in [4.78, 5) is 0. The Labute approximate surface area is 129 Å². The second-order valence-corrected chi connectivity index (χ2v) is 5.57. The van der Waals surface area contributed by atoms with Gasteiger partial charge in [0.1, 0.15) is 11.6 Å². The van der Waals surface area contributed by atoms with Crippen LogP contribution in [0.25, 0.3) is 0 Å². The average Bonchev–Trinajstić information content (AvgIpc) is 2.50. The molecule has 0 fully saturated rings. The number of hydrogen-bond donors (Lipinski definition) is 1. The Morgan fingerprint density at radius 2 is 1.77 bits per heavy atom. The summed E-state index contributed by atoms with van der Waals surface area (Å²) in [5, 5.41) is 12.1. The molecule has 22 heavy (non-hydrogen) atoms. The van der Waals surface area contributed by atoms with E-state index < -0.39 is 5.82 Å². The van der Waals surface area contributed by atoms with Crippen molar-refractivity contribution in [2.24, 2.45) is 5.92 Å². The molecule has 0 aliphatic carbocycles. The van der Waals surface area contributed by atoms with E-state index in [1.54, 1.807) is 24.3 Å². The Morgan fingerprint density at radius 1 is 1.09 bits per heavy atom. The monoisotopic (exact) mass is 300 g/mol. The van der Waals surface area contributed by atoms with Crippen LogP contribution >= 0.6 is 0 Å². The van der Waals surface area contributed by atoms with Gasteiger partial charge in [0.05, 0.1) is 11.6 Å². The molecule has 2 aromatic rings. The Kier molecular flexibility index (Phi) is 5.24. The van der Waals surface area contributed by atoms with E-state index in [0.29, 0.717) is 17.7 Å². The summed E-state index contributed by atoms with van der Waals surface area (Å²) in [6.07, 6.45) is 0. The molecule has 0 radical (unpaired) electrons. The highest BCUT2D eigenvalue weighted by Crippen LogP contribution is 2.23. The molecule has 1 atom stereocenters. The lowest BCUT2D eigenvalue weighted by molar-refractivity contribution is 0.406. The van der Waals surface area contributed by atoms with Crippen molar-refractivity contribution >= 4 is 0 Å². The van der Waals surface area contributed by atoms with Gasteiger partial charge in [0, 0.05) is 18.2 Å². The van der Waals surface area contributed by atoms with Crippen molar-refractivity contribution in [1.82, 2.24) is 5.32 Å². The molecule has 0 spiro atoms. The molecule has 2 rings (SSSR count). The first-order chi connectivity index (χ1) is 10.5. The molecule has 0 heterocycles. The SMILES string of the molecule is CC(C)C(NCc1ccc(C#N)cc1F)c1ccc(F)cc1. The molecule has 4 heteroatoms. The zero-order valence-electron chi connectivity index (χ0n) is 12.6. The maximum Gasteiger partial charge on any atom is 0.129 e. The summed E-state index contributed by atoms with van der Waals surface area (Å²) in [5.74, 6) is -0.399. The van der Waals surface area contributed by atoms with E-state index in [1.165, 1.54) is 18.2 Å². The number of rotatable bonds is 5. The summed E-state index contributed by atoms with van der Waals surface area (Å²) in [6, 6.07) is 12.7. The van der Waals surface area contributed by atoms with Crippen LogP contribution < -0.4 is 5.32 Å². The molecule has 0 saturated carbocycles. The minimum absolute atomic E-state index is 0.00403. The maximum absolute atomic E-state index is 13.9. The fourth-order valence-electron chi connectivity index (χ4n) is 2.39. The maximum atomic E-state index is 13.9. The lowest BCUT2D eigenvalue weighted by Crippen LogP contribution is -2.25. The van der Waals surface area contributed by atoms with E-state index in [1.807, 2.05) is 6.07 Å². The topological polar surface area (TPSA) is 35.8 Å². The lowest BCUT2D eigenvalue weighted by Gasteiger charge is -2.23. The summed E-state index contributed by atoms with van der Waals surface area (Å²) < 4.78 is 26.9. The predicted molar refractivity (Wildman–Crippen MR) is 81.9 cm³/mol. The van der Waals surface area contributed by atoms with Crippen LogP contribution in [-0.2, 0) is 6.54 Å². The summed E-state index contributed by atoms with van der Waals surface area (Å²) in [5.41, 5.74) is 1.78. The van der Waals surface area contributed by atoms with Gasteiger partial charge in [-0.2, -0.15) is 5.26 Å². The van der Waals surface area contributed by atoms with Gasteiger partial charge in [-0.15, -0.1) is 0 Å². The first-order valence-electron chi connectivity index (χ1n) is 7.18. The molecule has 0 bridgehead atoms. The zero-order chi connectivity index (χ0) is 16.1. The average molecular weight is 300 g/mol. The van der Waals surface area contributed by atoms with Crippen molar-refractivity contribution in [3.05, 3.63) is 70.8 Å². The molecule has 0 aliphatic rings. The van der Waals surface area contributed by atoms with Gasteiger partial charge in [0.25, 0.3) is 0 Å². The van der Waals surface area contributed by atoms with Crippen LogP contribution in [0.5, 0.6) is 0 Å². The molecular formula is C18H18F2N2. The van der Waals surface area contributed by atoms with Gasteiger partial charge in [-0.1, -0.05) is 32.0 Å². The van der Waals surface area contributed by atoms with Crippen LogP contribution in [0.1, 0.15) is 36.6 Å². The van der Waals surface area contributed by atoms with Crippen LogP contribution in [0, 0.1) is 28.9 Å². The largest absolute Gasteiger partial charge is 0.306 e. The van der Waals surface area contributed by atoms with E-state index >= 15 is 0 Å². The van der Waals surface area contributed by atoms with Crippen molar-refractivity contribution in [1.29, 1.82) is 5.26 Å². The minimum Gasteiger partial charge on any atom is -0.306 e. The van der Waals surface area contributed by atoms with Crippen molar-refractivity contribution < 1.29 is 8.78 Å². The molecule has 0 aromatic heterocycles. The van der Waals surface area contributed by atoms with Crippen LogP contribution in [0.15, 0.2) is 42.5 Å². The number of halogens is 2. The molecule has 0 aliphatic heterocycles. The van der Waals surface area contributed by atoms with Gasteiger partial charge in [0.15, 0.2) is 0 Å². The van der Waals surface area contributed by atoms with E-state index in [4.69, 9.17) is 5.26 Å². The van der Waals surface area contributed by atoms with Crippen LogP contribution in [0.3, 0.4) is 0 Å². The second-order valence-electron chi connectivity index (χ2n) is 5.57. The normalized spacial score (nSPS) is 12.2. The molecule has 114 valence electrons. The summed E-state index contributed by atoms with van der Waals surface area (Å²) in [6.45, 7) is 4.45. The highest BCUT2D eigenvalue weighted by Gasteiger charge is 2.16. The Bertz CT molecular complexity index is 672. The molecule has 2 aromatic carbocycles. The molecule has 1 unspecified atom stereocenters. The van der Waals surface area contributed by atoms with Gasteiger partial charge >= 0.3 is 0 Å². The van der Waals surface area contributed by atoms with Crippen molar-refractivity contribution in [3.8, 4) is 6.07 Å². The van der Waals surface area contributed by atoms with Crippen LogP contribution in [0.4, 0.5) is 8.78 Å². The van der Waals surface area contributed by atoms with Gasteiger partial charge in [-0.25, -0.2) is 8.78 Å². The third-order valence-electron chi connectivity index (χ3n) is 3.59. The highest BCUT2D eigenvalue weighted by atomic mass is 19.1. The Balaban J connectivity index is 2.13. The third kappa shape index (κ3) is 3.90. The predicted octanol–water partition coefficient (Wildman–Crippen LogP) is 4.32. The zero-order valence-corrected chi connectivity index (χ0v) is 12.6. The number of hydrogen-bond acceptors (Lipinski definition) is 2. The van der Waals surface area contributed by atoms with Gasteiger partial charge in [0.2, 0.25) is 0 Å².